The molecule has 1 unspecified atom stereocenters. The molecule has 1 atom stereocenters. The van der Waals surface area contributed by atoms with Gasteiger partial charge in [0.15, 0.2) is 0 Å². The largest absolute Gasteiger partial charge is 0.508 e. The highest BCUT2D eigenvalue weighted by Gasteiger charge is 2.29. The Bertz CT molecular complexity index is 725. The normalized spacial score (nSPS) is 13.5. The predicted molar refractivity (Wildman–Crippen MR) is 84.8 cm³/mol. The zero-order chi connectivity index (χ0) is 15.6. The first-order chi connectivity index (χ1) is 9.86. The van der Waals surface area contributed by atoms with Crippen LogP contribution in [0.1, 0.15) is 25.5 Å². The maximum atomic E-state index is 12.7. The minimum Gasteiger partial charge on any atom is -0.508 e. The summed E-state index contributed by atoms with van der Waals surface area (Å²) in [5.74, 6) is 0.119. The third-order valence-corrected chi connectivity index (χ3v) is 6.73. The molecule has 1 aromatic carbocycles. The van der Waals surface area contributed by atoms with Gasteiger partial charge in [-0.25, -0.2) is 8.42 Å². The number of nitrogen functional groups attached to an aromatic ring is 1. The van der Waals surface area contributed by atoms with E-state index in [1.54, 1.807) is 43.5 Å². The lowest BCUT2D eigenvalue weighted by Crippen LogP contribution is -2.33. The van der Waals surface area contributed by atoms with Crippen LogP contribution in [0.25, 0.3) is 0 Å². The second-order valence-corrected chi connectivity index (χ2v) is 7.71. The van der Waals surface area contributed by atoms with E-state index in [-0.39, 0.29) is 16.0 Å². The molecule has 2 rings (SSSR count). The minimum atomic E-state index is -3.60. The number of benzene rings is 1. The van der Waals surface area contributed by atoms with Gasteiger partial charge in [-0.15, -0.1) is 11.3 Å². The van der Waals surface area contributed by atoms with Gasteiger partial charge in [0.25, 0.3) is 10.0 Å². The van der Waals surface area contributed by atoms with Crippen LogP contribution >= 0.6 is 11.3 Å². The van der Waals surface area contributed by atoms with E-state index in [9.17, 15) is 13.5 Å². The Morgan fingerprint density at radius 3 is 2.62 bits per heavy atom. The molecule has 0 saturated heterocycles. The van der Waals surface area contributed by atoms with Crippen molar-refractivity contribution >= 4 is 27.0 Å². The number of nitrogens with zero attached hydrogens (tertiary/aromatic N) is 1. The van der Waals surface area contributed by atoms with Crippen molar-refractivity contribution in [1.29, 1.82) is 0 Å². The van der Waals surface area contributed by atoms with E-state index >= 15 is 0 Å². The van der Waals surface area contributed by atoms with Gasteiger partial charge in [-0.2, -0.15) is 4.31 Å². The Hall–Kier alpha value is -1.57. The zero-order valence-electron chi connectivity index (χ0n) is 11.9. The second kappa shape index (κ2) is 6.05. The molecule has 21 heavy (non-hydrogen) atoms. The Balaban J connectivity index is 2.39. The van der Waals surface area contributed by atoms with Gasteiger partial charge in [0.1, 0.15) is 9.96 Å². The Kier molecular flexibility index (Phi) is 4.55. The van der Waals surface area contributed by atoms with Crippen molar-refractivity contribution < 1.29 is 13.5 Å². The fourth-order valence-corrected chi connectivity index (χ4v) is 5.02. The zero-order valence-corrected chi connectivity index (χ0v) is 13.5. The molecule has 0 aliphatic carbocycles. The number of phenolic OH excluding ortho intramolecular Hbond substituents is 1. The van der Waals surface area contributed by atoms with Gasteiger partial charge in [-0.05, 0) is 30.7 Å². The molecule has 0 aliphatic rings. The molecule has 1 aromatic heterocycles. The molecule has 3 N–H and O–H groups in total. The number of nitrogens with two attached hydrogens (primary N) is 1. The first-order valence-electron chi connectivity index (χ1n) is 6.51. The molecular weight excluding hydrogens is 308 g/mol. The van der Waals surface area contributed by atoms with Crippen molar-refractivity contribution in [1.82, 2.24) is 4.31 Å². The Labute approximate surface area is 128 Å². The molecule has 0 amide bonds. The smallest absolute Gasteiger partial charge is 0.253 e. The molecule has 0 saturated carbocycles. The third-order valence-electron chi connectivity index (χ3n) is 3.25. The highest BCUT2D eigenvalue weighted by molar-refractivity contribution is 7.91. The quantitative estimate of drug-likeness (QED) is 0.885. The van der Waals surface area contributed by atoms with Gasteiger partial charge in [-0.1, -0.05) is 19.1 Å². The van der Waals surface area contributed by atoms with Gasteiger partial charge in [-0.3, -0.25) is 0 Å². The summed E-state index contributed by atoms with van der Waals surface area (Å²) >= 11 is 1.11. The molecule has 5 nitrogen and oxygen atoms in total. The summed E-state index contributed by atoms with van der Waals surface area (Å²) in [6.07, 6.45) is 0. The molecule has 1 heterocycles. The number of rotatable bonds is 5. The summed E-state index contributed by atoms with van der Waals surface area (Å²) in [4.78, 5) is 0. The summed E-state index contributed by atoms with van der Waals surface area (Å²) in [7, 11) is -3.60. The van der Waals surface area contributed by atoms with Crippen LogP contribution in [-0.2, 0) is 10.0 Å². The van der Waals surface area contributed by atoms with E-state index in [0.29, 0.717) is 12.2 Å². The summed E-state index contributed by atoms with van der Waals surface area (Å²) in [6, 6.07) is 7.72. The van der Waals surface area contributed by atoms with Crippen LogP contribution in [0.5, 0.6) is 5.75 Å². The molecule has 114 valence electrons. The highest BCUT2D eigenvalue weighted by Crippen LogP contribution is 2.31. The van der Waals surface area contributed by atoms with Crippen molar-refractivity contribution in [3.8, 4) is 5.75 Å². The van der Waals surface area contributed by atoms with Crippen molar-refractivity contribution in [2.45, 2.75) is 24.1 Å². The van der Waals surface area contributed by atoms with Crippen LogP contribution < -0.4 is 5.73 Å². The predicted octanol–water partition coefficient (Wildman–Crippen LogP) is 2.81. The first-order valence-corrected chi connectivity index (χ1v) is 8.83. The lowest BCUT2D eigenvalue weighted by atomic mass is 10.1. The van der Waals surface area contributed by atoms with Gasteiger partial charge in [0, 0.05) is 23.7 Å². The lowest BCUT2D eigenvalue weighted by Gasteiger charge is -2.27. The maximum Gasteiger partial charge on any atom is 0.253 e. The minimum absolute atomic E-state index is 0.119. The molecule has 0 fully saturated rings. The van der Waals surface area contributed by atoms with Crippen LogP contribution in [0.2, 0.25) is 0 Å². The first kappa shape index (κ1) is 15.8. The lowest BCUT2D eigenvalue weighted by molar-refractivity contribution is 0.356. The summed E-state index contributed by atoms with van der Waals surface area (Å²) in [6.45, 7) is 3.91. The third kappa shape index (κ3) is 3.20. The highest BCUT2D eigenvalue weighted by atomic mass is 32.2. The summed E-state index contributed by atoms with van der Waals surface area (Å²) in [5.41, 5.74) is 6.80. The number of aromatic hydroxyl groups is 1. The number of sulfonamides is 1. The van der Waals surface area contributed by atoms with Crippen molar-refractivity contribution in [2.75, 3.05) is 12.3 Å². The van der Waals surface area contributed by atoms with E-state index in [1.807, 2.05) is 0 Å². The van der Waals surface area contributed by atoms with E-state index in [1.165, 1.54) is 10.4 Å². The van der Waals surface area contributed by atoms with E-state index in [4.69, 9.17) is 5.73 Å². The number of hydrogen-bond acceptors (Lipinski definition) is 5. The average Bonchev–Trinajstić information content (AvgIpc) is 2.86. The van der Waals surface area contributed by atoms with Gasteiger partial charge in [0.2, 0.25) is 0 Å². The van der Waals surface area contributed by atoms with Crippen molar-refractivity contribution in [2.24, 2.45) is 0 Å². The van der Waals surface area contributed by atoms with Gasteiger partial charge < -0.3 is 10.8 Å². The van der Waals surface area contributed by atoms with E-state index in [0.717, 1.165) is 16.9 Å². The molecule has 0 spiro atoms. The van der Waals surface area contributed by atoms with Crippen molar-refractivity contribution in [3.05, 3.63) is 41.3 Å². The number of anilines is 1. The van der Waals surface area contributed by atoms with Gasteiger partial charge >= 0.3 is 0 Å². The SMILES string of the molecule is CCN(C(C)c1cccc(O)c1)S(=O)(=O)c1cc(N)cs1. The van der Waals surface area contributed by atoms with Crippen LogP contribution in [-0.4, -0.2) is 24.4 Å². The van der Waals surface area contributed by atoms with Crippen LogP contribution in [0, 0.1) is 0 Å². The Morgan fingerprint density at radius 2 is 2.10 bits per heavy atom. The summed E-state index contributed by atoms with van der Waals surface area (Å²) in [5, 5.41) is 11.2. The topological polar surface area (TPSA) is 83.6 Å². The molecule has 0 bridgehead atoms. The fourth-order valence-electron chi connectivity index (χ4n) is 2.18. The number of thiophene rings is 1. The van der Waals surface area contributed by atoms with Gasteiger partial charge in [0.05, 0.1) is 0 Å². The van der Waals surface area contributed by atoms with E-state index in [2.05, 4.69) is 0 Å². The van der Waals surface area contributed by atoms with Crippen LogP contribution in [0.4, 0.5) is 5.69 Å². The number of phenols is 1. The average molecular weight is 326 g/mol. The molecule has 0 aliphatic heterocycles. The molecule has 0 radical (unpaired) electrons. The standard InChI is InChI=1S/C14H18N2O3S2/c1-3-16(10(2)11-5-4-6-13(17)7-11)21(18,19)14-8-12(15)9-20-14/h4-10,17H,3,15H2,1-2H3. The summed E-state index contributed by atoms with van der Waals surface area (Å²) < 4.78 is 27.0. The second-order valence-electron chi connectivity index (χ2n) is 4.68. The van der Waals surface area contributed by atoms with Crippen molar-refractivity contribution in [3.63, 3.8) is 0 Å². The molecule has 7 heteroatoms. The maximum absolute atomic E-state index is 12.7. The Morgan fingerprint density at radius 1 is 1.38 bits per heavy atom. The van der Waals surface area contributed by atoms with E-state index < -0.39 is 10.0 Å². The van der Waals surface area contributed by atoms with Crippen LogP contribution in [0.15, 0.2) is 39.9 Å². The molecule has 2 aromatic rings. The monoisotopic (exact) mass is 326 g/mol. The number of hydrogen-bond donors (Lipinski definition) is 2. The molecular formula is C14H18N2O3S2. The van der Waals surface area contributed by atoms with Crippen LogP contribution in [0.3, 0.4) is 0 Å². The fraction of sp³-hybridized carbons (Fsp3) is 0.286.